The van der Waals surface area contributed by atoms with Crippen LogP contribution >= 0.6 is 11.3 Å². The van der Waals surface area contributed by atoms with Crippen LogP contribution in [0.1, 0.15) is 28.7 Å². The molecule has 8 rings (SSSR count). The number of hydrogen-bond acceptors (Lipinski definition) is 2. The van der Waals surface area contributed by atoms with Crippen LogP contribution in [0.5, 0.6) is 0 Å². The third-order valence-corrected chi connectivity index (χ3v) is 8.58. The second kappa shape index (κ2) is 5.99. The molecule has 0 radical (unpaired) electrons. The van der Waals surface area contributed by atoms with Gasteiger partial charge in [0.25, 0.3) is 0 Å². The van der Waals surface area contributed by atoms with Crippen LogP contribution in [0.4, 0.5) is 5.69 Å². The number of rotatable bonds is 0. The first-order valence-corrected chi connectivity index (χ1v) is 12.0. The van der Waals surface area contributed by atoms with E-state index in [2.05, 4.69) is 102 Å². The van der Waals surface area contributed by atoms with E-state index >= 15 is 0 Å². The molecular formula is C30H19NS. The van der Waals surface area contributed by atoms with Gasteiger partial charge in [0.15, 0.2) is 0 Å². The minimum atomic E-state index is 0.270. The zero-order chi connectivity index (χ0) is 20.8. The van der Waals surface area contributed by atoms with Crippen LogP contribution in [0, 0.1) is 0 Å². The fraction of sp³-hybridized carbons (Fsp3) is 0.0667. The van der Waals surface area contributed by atoms with Gasteiger partial charge in [-0.1, -0.05) is 84.9 Å². The van der Waals surface area contributed by atoms with Gasteiger partial charge < -0.3 is 5.32 Å². The molecule has 1 N–H and O–H groups in total. The lowest BCUT2D eigenvalue weighted by Gasteiger charge is -2.33. The third kappa shape index (κ3) is 1.99. The summed E-state index contributed by atoms with van der Waals surface area (Å²) in [4.78, 5) is 0. The average molecular weight is 426 g/mol. The molecule has 2 aliphatic rings. The number of para-hydroxylation sites is 1. The van der Waals surface area contributed by atoms with E-state index in [1.807, 2.05) is 11.3 Å². The topological polar surface area (TPSA) is 12.0 Å². The molecule has 1 nitrogen and oxygen atoms in total. The lowest BCUT2D eigenvalue weighted by atomic mass is 9.72. The highest BCUT2D eigenvalue weighted by molar-refractivity contribution is 7.26. The summed E-state index contributed by atoms with van der Waals surface area (Å²) in [6.45, 7) is 0. The molecule has 2 unspecified atom stereocenters. The summed E-state index contributed by atoms with van der Waals surface area (Å²) in [7, 11) is 0. The highest BCUT2D eigenvalue weighted by Crippen LogP contribution is 2.59. The molecule has 32 heavy (non-hydrogen) atoms. The van der Waals surface area contributed by atoms with Crippen LogP contribution in [0.25, 0.3) is 42.1 Å². The van der Waals surface area contributed by atoms with Crippen molar-refractivity contribution in [3.63, 3.8) is 0 Å². The van der Waals surface area contributed by atoms with Crippen molar-refractivity contribution < 1.29 is 0 Å². The second-order valence-corrected chi connectivity index (χ2v) is 9.96. The molecule has 1 aliphatic carbocycles. The molecule has 2 atom stereocenters. The molecule has 0 amide bonds. The summed E-state index contributed by atoms with van der Waals surface area (Å²) in [5, 5.41) is 9.42. The molecule has 6 aromatic rings. The van der Waals surface area contributed by atoms with Gasteiger partial charge in [-0.15, -0.1) is 11.3 Å². The molecule has 0 fully saturated rings. The van der Waals surface area contributed by atoms with Crippen molar-refractivity contribution in [1.82, 2.24) is 0 Å². The standard InChI is InChI=1S/C30H19NS/c1-2-10-18-17(9-1)25-22-14-6-8-16-24(22)32-30(25)28-19-11-3-4-12-20(19)29-27(26(18)28)21-13-5-7-15-23(21)31-29/h1-16,27,29,31H. The van der Waals surface area contributed by atoms with Gasteiger partial charge in [-0.05, 0) is 45.2 Å². The maximum Gasteiger partial charge on any atom is 0.0630 e. The summed E-state index contributed by atoms with van der Waals surface area (Å²) in [5.41, 5.74) is 8.40. The summed E-state index contributed by atoms with van der Waals surface area (Å²) >= 11 is 1.95. The summed E-state index contributed by atoms with van der Waals surface area (Å²) in [6.07, 6.45) is 0. The van der Waals surface area contributed by atoms with E-state index in [9.17, 15) is 0 Å². The predicted molar refractivity (Wildman–Crippen MR) is 137 cm³/mol. The zero-order valence-corrected chi connectivity index (χ0v) is 18.1. The van der Waals surface area contributed by atoms with Crippen LogP contribution in [-0.4, -0.2) is 0 Å². The van der Waals surface area contributed by atoms with Gasteiger partial charge in [0, 0.05) is 37.3 Å². The highest BCUT2D eigenvalue weighted by Gasteiger charge is 2.42. The van der Waals surface area contributed by atoms with Crippen molar-refractivity contribution in [2.75, 3.05) is 5.32 Å². The fourth-order valence-corrected chi connectivity index (χ4v) is 7.47. The number of anilines is 1. The van der Waals surface area contributed by atoms with Crippen LogP contribution in [0.3, 0.4) is 0 Å². The Kier molecular flexibility index (Phi) is 3.18. The van der Waals surface area contributed by atoms with E-state index in [1.165, 1.54) is 64.4 Å². The minimum absolute atomic E-state index is 0.270. The number of nitrogens with one attached hydrogen (secondary N) is 1. The van der Waals surface area contributed by atoms with E-state index in [-0.39, 0.29) is 6.04 Å². The predicted octanol–water partition coefficient (Wildman–Crippen LogP) is 8.49. The first kappa shape index (κ1) is 17.0. The van der Waals surface area contributed by atoms with Gasteiger partial charge in [-0.25, -0.2) is 0 Å². The van der Waals surface area contributed by atoms with Crippen LogP contribution < -0.4 is 5.32 Å². The van der Waals surface area contributed by atoms with Crippen molar-refractivity contribution >= 4 is 48.0 Å². The Labute approximate surface area is 189 Å². The lowest BCUT2D eigenvalue weighted by Crippen LogP contribution is -2.19. The van der Waals surface area contributed by atoms with Gasteiger partial charge in [0.2, 0.25) is 0 Å². The van der Waals surface area contributed by atoms with Crippen molar-refractivity contribution in [2.24, 2.45) is 0 Å². The molecule has 150 valence electrons. The van der Waals surface area contributed by atoms with Crippen LogP contribution in [0.2, 0.25) is 0 Å². The number of benzene rings is 5. The van der Waals surface area contributed by atoms with E-state index < -0.39 is 0 Å². The molecule has 0 bridgehead atoms. The Morgan fingerprint density at radius 1 is 0.625 bits per heavy atom. The Bertz CT molecular complexity index is 1720. The molecular weight excluding hydrogens is 406 g/mol. The third-order valence-electron chi connectivity index (χ3n) is 7.39. The maximum atomic E-state index is 3.88. The van der Waals surface area contributed by atoms with Gasteiger partial charge in [-0.2, -0.15) is 0 Å². The number of hydrogen-bond donors (Lipinski definition) is 1. The molecule has 1 aliphatic heterocycles. The normalized spacial score (nSPS) is 18.2. The van der Waals surface area contributed by atoms with Gasteiger partial charge in [-0.3, -0.25) is 0 Å². The summed E-state index contributed by atoms with van der Waals surface area (Å²) < 4.78 is 2.79. The first-order chi connectivity index (χ1) is 15.9. The Hall–Kier alpha value is -3.62. The molecule has 5 aromatic carbocycles. The van der Waals surface area contributed by atoms with Gasteiger partial charge in [0.1, 0.15) is 0 Å². The van der Waals surface area contributed by atoms with Gasteiger partial charge in [0.05, 0.1) is 6.04 Å². The number of fused-ring (bicyclic) bond motifs is 15. The lowest BCUT2D eigenvalue weighted by molar-refractivity contribution is 0.710. The largest absolute Gasteiger partial charge is 0.377 e. The van der Waals surface area contributed by atoms with E-state index in [1.54, 1.807) is 0 Å². The minimum Gasteiger partial charge on any atom is -0.377 e. The molecule has 2 heterocycles. The molecule has 0 saturated heterocycles. The van der Waals surface area contributed by atoms with Crippen molar-refractivity contribution in [3.8, 4) is 11.1 Å². The highest BCUT2D eigenvalue weighted by atomic mass is 32.1. The SMILES string of the molecule is c1ccc2c(c1)NC1c3ccccc3-c3c(c4ccccc4c4c3sc3ccccc34)C21. The van der Waals surface area contributed by atoms with Crippen molar-refractivity contribution in [2.45, 2.75) is 12.0 Å². The Morgan fingerprint density at radius 3 is 2.22 bits per heavy atom. The molecule has 0 spiro atoms. The van der Waals surface area contributed by atoms with Crippen molar-refractivity contribution in [1.29, 1.82) is 0 Å². The van der Waals surface area contributed by atoms with Gasteiger partial charge >= 0.3 is 0 Å². The fourth-order valence-electron chi connectivity index (χ4n) is 6.18. The Morgan fingerprint density at radius 2 is 1.31 bits per heavy atom. The van der Waals surface area contributed by atoms with E-state index in [0.29, 0.717) is 5.92 Å². The number of thiophene rings is 1. The summed E-state index contributed by atoms with van der Waals surface area (Å²) in [6, 6.07) is 36.1. The average Bonchev–Trinajstić information content (AvgIpc) is 3.43. The molecule has 0 saturated carbocycles. The maximum absolute atomic E-state index is 3.88. The van der Waals surface area contributed by atoms with E-state index in [0.717, 1.165) is 0 Å². The zero-order valence-electron chi connectivity index (χ0n) is 17.3. The van der Waals surface area contributed by atoms with E-state index in [4.69, 9.17) is 0 Å². The first-order valence-electron chi connectivity index (χ1n) is 11.2. The van der Waals surface area contributed by atoms with Crippen molar-refractivity contribution in [3.05, 3.63) is 114 Å². The quantitative estimate of drug-likeness (QED) is 0.257. The monoisotopic (exact) mass is 425 g/mol. The van der Waals surface area contributed by atoms with Crippen LogP contribution in [0.15, 0.2) is 97.1 Å². The molecule has 1 aromatic heterocycles. The Balaban J connectivity index is 1.65. The molecule has 2 heteroatoms. The summed E-state index contributed by atoms with van der Waals surface area (Å²) in [5.74, 6) is 0.315. The smallest absolute Gasteiger partial charge is 0.0630 e. The van der Waals surface area contributed by atoms with Crippen LogP contribution in [-0.2, 0) is 0 Å². The second-order valence-electron chi connectivity index (χ2n) is 8.91.